The Morgan fingerprint density at radius 1 is 0.816 bits per heavy atom. The van der Waals surface area contributed by atoms with Crippen LogP contribution < -0.4 is 16.0 Å². The van der Waals surface area contributed by atoms with Crippen molar-refractivity contribution in [3.63, 3.8) is 0 Å². The molecule has 3 amide bonds. The second-order valence-corrected chi connectivity index (χ2v) is 12.0. The van der Waals surface area contributed by atoms with Gasteiger partial charge in [-0.15, -0.1) is 0 Å². The maximum absolute atomic E-state index is 12.5. The lowest BCUT2D eigenvalue weighted by Gasteiger charge is -2.49. The number of amides is 3. The summed E-state index contributed by atoms with van der Waals surface area (Å²) in [4.78, 5) is 48.2. The molecule has 13 N–H and O–H groups in total. The Labute approximate surface area is 278 Å². The molecule has 3 aliphatic rings. The summed E-state index contributed by atoms with van der Waals surface area (Å²) in [6.45, 7) is 0.360. The lowest BCUT2D eigenvalue weighted by Crippen LogP contribution is -2.70. The van der Waals surface area contributed by atoms with Crippen molar-refractivity contribution in [3.05, 3.63) is 0 Å². The third kappa shape index (κ3) is 9.36. The van der Waals surface area contributed by atoms with E-state index in [1.54, 1.807) is 0 Å². The molecule has 49 heavy (non-hydrogen) atoms. The predicted octanol–water partition coefficient (Wildman–Crippen LogP) is -7.94. The molecule has 3 aliphatic heterocycles. The van der Waals surface area contributed by atoms with E-state index in [9.17, 15) is 70.2 Å². The molecule has 0 saturated carbocycles. The monoisotopic (exact) mass is 715 g/mol. The Balaban J connectivity index is 1.92. The molecular formula is C27H45N3O19. The molecule has 0 spiro atoms. The summed E-state index contributed by atoms with van der Waals surface area (Å²) in [5, 5.41) is 111. The van der Waals surface area contributed by atoms with Crippen molar-refractivity contribution < 1.29 is 93.9 Å². The number of carbonyl (C=O) groups excluding carboxylic acids is 3. The molecule has 282 valence electrons. The van der Waals surface area contributed by atoms with E-state index in [0.29, 0.717) is 0 Å². The first-order valence-electron chi connectivity index (χ1n) is 15.2. The lowest BCUT2D eigenvalue weighted by molar-refractivity contribution is -0.342. The van der Waals surface area contributed by atoms with Gasteiger partial charge < -0.3 is 90.7 Å². The number of aliphatic hydroxyl groups excluding tert-OH is 9. The van der Waals surface area contributed by atoms with Gasteiger partial charge >= 0.3 is 5.97 Å². The Bertz CT molecular complexity index is 1170. The van der Waals surface area contributed by atoms with Gasteiger partial charge in [-0.05, 0) is 0 Å². The van der Waals surface area contributed by atoms with Crippen molar-refractivity contribution in [2.75, 3.05) is 19.8 Å². The zero-order valence-electron chi connectivity index (χ0n) is 26.6. The third-order valence-corrected chi connectivity index (χ3v) is 8.27. The highest BCUT2D eigenvalue weighted by Crippen LogP contribution is 2.35. The van der Waals surface area contributed by atoms with Crippen LogP contribution in [0.5, 0.6) is 0 Å². The number of rotatable bonds is 13. The van der Waals surface area contributed by atoms with Crippen molar-refractivity contribution in [1.82, 2.24) is 16.0 Å². The maximum atomic E-state index is 12.5. The van der Waals surface area contributed by atoms with Gasteiger partial charge in [-0.25, -0.2) is 4.79 Å². The molecule has 0 aromatic carbocycles. The molecule has 3 fully saturated rings. The first kappa shape index (κ1) is 40.7. The van der Waals surface area contributed by atoms with Crippen LogP contribution in [0.3, 0.4) is 0 Å². The van der Waals surface area contributed by atoms with Crippen LogP contribution in [0.4, 0.5) is 0 Å². The topological polar surface area (TPSA) is 353 Å². The zero-order valence-corrected chi connectivity index (χ0v) is 26.6. The van der Waals surface area contributed by atoms with E-state index in [-0.39, 0.29) is 0 Å². The van der Waals surface area contributed by atoms with Crippen molar-refractivity contribution in [2.45, 2.75) is 125 Å². The van der Waals surface area contributed by atoms with E-state index in [1.807, 2.05) is 0 Å². The summed E-state index contributed by atoms with van der Waals surface area (Å²) in [7, 11) is 0. The summed E-state index contributed by atoms with van der Waals surface area (Å²) in [5.74, 6) is -6.92. The van der Waals surface area contributed by atoms with Crippen LogP contribution in [0.15, 0.2) is 0 Å². The average Bonchev–Trinajstić information content (AvgIpc) is 3.02. The normalized spacial score (nSPS) is 40.9. The molecule has 3 rings (SSSR count). The van der Waals surface area contributed by atoms with E-state index < -0.39 is 147 Å². The highest BCUT2D eigenvalue weighted by atomic mass is 16.7. The first-order chi connectivity index (χ1) is 22.9. The molecule has 0 aliphatic carbocycles. The maximum Gasteiger partial charge on any atom is 0.364 e. The fraction of sp³-hybridized carbons (Fsp3) is 0.852. The second kappa shape index (κ2) is 17.0. The van der Waals surface area contributed by atoms with Crippen LogP contribution in [-0.4, -0.2) is 192 Å². The Kier molecular flexibility index (Phi) is 14.2. The summed E-state index contributed by atoms with van der Waals surface area (Å²) in [6, 6.07) is -4.60. The van der Waals surface area contributed by atoms with Crippen LogP contribution in [0.2, 0.25) is 0 Å². The van der Waals surface area contributed by atoms with E-state index in [0.717, 1.165) is 20.8 Å². The van der Waals surface area contributed by atoms with Crippen LogP contribution in [-0.2, 0) is 42.9 Å². The highest BCUT2D eigenvalue weighted by Gasteiger charge is 2.57. The first-order valence-corrected chi connectivity index (χ1v) is 15.2. The van der Waals surface area contributed by atoms with Crippen LogP contribution >= 0.6 is 0 Å². The van der Waals surface area contributed by atoms with Crippen LogP contribution in [0.1, 0.15) is 27.2 Å². The van der Waals surface area contributed by atoms with Gasteiger partial charge in [0.2, 0.25) is 17.7 Å². The fourth-order valence-corrected chi connectivity index (χ4v) is 5.86. The molecule has 16 atom stereocenters. The molecule has 22 nitrogen and oxygen atoms in total. The molecule has 0 bridgehead atoms. The molecular weight excluding hydrogens is 670 g/mol. The number of nitrogens with one attached hydrogen (secondary N) is 3. The van der Waals surface area contributed by atoms with Gasteiger partial charge in [0.05, 0.1) is 32.0 Å². The van der Waals surface area contributed by atoms with Gasteiger partial charge in [0.25, 0.3) is 5.79 Å². The van der Waals surface area contributed by atoms with Crippen molar-refractivity contribution in [1.29, 1.82) is 0 Å². The fourth-order valence-electron chi connectivity index (χ4n) is 5.86. The van der Waals surface area contributed by atoms with E-state index in [2.05, 4.69) is 16.0 Å². The molecule has 0 unspecified atom stereocenters. The van der Waals surface area contributed by atoms with Gasteiger partial charge in [-0.1, -0.05) is 0 Å². The van der Waals surface area contributed by atoms with Crippen molar-refractivity contribution >= 4 is 23.7 Å². The number of ether oxygens (including phenoxy) is 5. The summed E-state index contributed by atoms with van der Waals surface area (Å²) >= 11 is 0. The minimum absolute atomic E-state index is 0.711. The van der Waals surface area contributed by atoms with E-state index in [1.165, 1.54) is 0 Å². The van der Waals surface area contributed by atoms with Gasteiger partial charge in [-0.2, -0.15) is 0 Å². The van der Waals surface area contributed by atoms with Gasteiger partial charge in [0, 0.05) is 27.2 Å². The molecule has 0 radical (unpaired) electrons. The summed E-state index contributed by atoms with van der Waals surface area (Å²) in [5.41, 5.74) is 0. The quantitative estimate of drug-likeness (QED) is 0.0842. The third-order valence-electron chi connectivity index (χ3n) is 8.27. The standard InChI is InChI=1S/C27H45N3O19/c1-8(33)28-15-11(36)4-27(26(43)44,49-23(15)18(38)12(37)5-31)45-7-14-20(40)22(17(24(42)46-14)30-10(3)35)48-25-16(29-9(2)34)21(41)19(39)13(6-32)47-25/h11-25,31-32,36-42H,4-7H2,1-3H3,(H,28,33)(H,29,34)(H,30,35)(H,43,44)/t11-,12+,13+,14+,15+,16+,17+,18+,19+,20-,21+,22+,23+,24-,25-,27+/m0/s1. The largest absolute Gasteiger partial charge is 0.477 e. The molecule has 3 saturated heterocycles. The number of aliphatic hydroxyl groups is 9. The Hall–Kier alpha value is -2.68. The number of aliphatic carboxylic acids is 1. The van der Waals surface area contributed by atoms with Crippen LogP contribution in [0.25, 0.3) is 0 Å². The van der Waals surface area contributed by atoms with Crippen molar-refractivity contribution in [2.24, 2.45) is 0 Å². The lowest BCUT2D eigenvalue weighted by atomic mass is 9.88. The minimum atomic E-state index is -2.86. The summed E-state index contributed by atoms with van der Waals surface area (Å²) < 4.78 is 27.8. The predicted molar refractivity (Wildman–Crippen MR) is 153 cm³/mol. The number of carbonyl (C=O) groups is 4. The molecule has 3 heterocycles. The van der Waals surface area contributed by atoms with Crippen LogP contribution in [0, 0.1) is 0 Å². The van der Waals surface area contributed by atoms with Gasteiger partial charge in [0.15, 0.2) is 12.6 Å². The Morgan fingerprint density at radius 2 is 1.39 bits per heavy atom. The highest BCUT2D eigenvalue weighted by molar-refractivity contribution is 5.76. The average molecular weight is 716 g/mol. The smallest absolute Gasteiger partial charge is 0.364 e. The number of carboxylic acids is 1. The van der Waals surface area contributed by atoms with Crippen molar-refractivity contribution in [3.8, 4) is 0 Å². The minimum Gasteiger partial charge on any atom is -0.477 e. The zero-order chi connectivity index (χ0) is 37.0. The second-order valence-electron chi connectivity index (χ2n) is 12.0. The number of carboxylic acid groups (broad SMARTS) is 1. The number of hydrogen-bond donors (Lipinski definition) is 13. The van der Waals surface area contributed by atoms with E-state index >= 15 is 0 Å². The summed E-state index contributed by atoms with van der Waals surface area (Å²) in [6.07, 6.45) is -22.7. The molecule has 0 aromatic rings. The van der Waals surface area contributed by atoms with Gasteiger partial charge in [0.1, 0.15) is 67.0 Å². The SMILES string of the molecule is CC(=O)N[C@@H]1[C@@H](O[C@@H]2O[C@H](CO)[C@@H](O)[C@H](O)[C@H]2NC(C)=O)[C@@H](O)[C@@H](CO[C@]2(C(=O)O)C[C@H](O)[C@@H](NC(C)=O)[C@H]([C@H](O)[C@H](O)CO)O2)O[C@@H]1O. The Morgan fingerprint density at radius 3 is 1.92 bits per heavy atom. The molecule has 22 heteroatoms. The number of hydrogen-bond acceptors (Lipinski definition) is 18. The van der Waals surface area contributed by atoms with E-state index in [4.69, 9.17) is 23.7 Å². The van der Waals surface area contributed by atoms with Gasteiger partial charge in [-0.3, -0.25) is 14.4 Å². The molecule has 0 aromatic heterocycles.